The molecule has 2 aromatic heterocycles. The van der Waals surface area contributed by atoms with Crippen LogP contribution in [0.4, 0.5) is 13.2 Å². The van der Waals surface area contributed by atoms with E-state index in [9.17, 15) is 23.1 Å². The van der Waals surface area contributed by atoms with Crippen LogP contribution in [0.25, 0.3) is 22.2 Å². The number of rotatable bonds is 3. The number of carbonyl (C=O) groups excluding carboxylic acids is 1. The van der Waals surface area contributed by atoms with Crippen molar-refractivity contribution < 1.29 is 27.8 Å². The second kappa shape index (κ2) is 8.77. The van der Waals surface area contributed by atoms with Gasteiger partial charge < -0.3 is 25.0 Å². The summed E-state index contributed by atoms with van der Waals surface area (Å²) in [5, 5.41) is 14.7. The SMILES string of the molecule is C[C@](O)(C(=O)N1CCc2cc(-c3cnc4[nH]cc(Cl)c4c3)cc([C@@H]3COCCN3)c2C1)C(F)(F)F. The first-order valence-electron chi connectivity index (χ1n) is 11.2. The third kappa shape index (κ3) is 4.29. The lowest BCUT2D eigenvalue weighted by Crippen LogP contribution is -2.56. The lowest BCUT2D eigenvalue weighted by molar-refractivity contribution is -0.250. The fraction of sp³-hybridized carbons (Fsp3) is 0.417. The van der Waals surface area contributed by atoms with Crippen LogP contribution in [0.5, 0.6) is 0 Å². The quantitative estimate of drug-likeness (QED) is 0.501. The second-order valence-corrected chi connectivity index (χ2v) is 9.50. The van der Waals surface area contributed by atoms with E-state index in [1.165, 1.54) is 0 Å². The number of halogens is 4. The first kappa shape index (κ1) is 24.1. The number of alkyl halides is 3. The van der Waals surface area contributed by atoms with E-state index in [4.69, 9.17) is 16.3 Å². The Balaban J connectivity index is 1.56. The predicted molar refractivity (Wildman–Crippen MR) is 124 cm³/mol. The van der Waals surface area contributed by atoms with Gasteiger partial charge in [-0.25, -0.2) is 4.98 Å². The summed E-state index contributed by atoms with van der Waals surface area (Å²) in [6.07, 6.45) is -1.30. The fourth-order valence-corrected chi connectivity index (χ4v) is 4.87. The molecule has 1 saturated heterocycles. The first-order chi connectivity index (χ1) is 16.6. The standard InChI is InChI=1S/C24H24ClF3N4O3/c1-23(34,24(26,27)28)22(33)32-4-2-13-6-14(15-8-17-19(25)10-31-21(17)30-9-15)7-16(18(13)11-32)20-12-35-5-3-29-20/h6-10,20,29,34H,2-5,11-12H2,1H3,(H,30,31)/t20-,23-/m0/s1. The maximum absolute atomic E-state index is 13.3. The van der Waals surface area contributed by atoms with Crippen molar-refractivity contribution in [1.29, 1.82) is 0 Å². The summed E-state index contributed by atoms with van der Waals surface area (Å²) < 4.78 is 45.6. The van der Waals surface area contributed by atoms with E-state index in [2.05, 4.69) is 15.3 Å². The molecule has 0 aliphatic carbocycles. The molecule has 3 N–H and O–H groups in total. The zero-order valence-electron chi connectivity index (χ0n) is 18.9. The van der Waals surface area contributed by atoms with Crippen molar-refractivity contribution in [3.05, 3.63) is 52.3 Å². The fourth-order valence-electron chi connectivity index (χ4n) is 4.67. The van der Waals surface area contributed by atoms with Gasteiger partial charge in [0.05, 0.1) is 24.3 Å². The maximum Gasteiger partial charge on any atom is 0.426 e. The lowest BCUT2D eigenvalue weighted by Gasteiger charge is -2.37. The van der Waals surface area contributed by atoms with Gasteiger partial charge in [-0.2, -0.15) is 13.2 Å². The molecule has 0 spiro atoms. The number of aromatic nitrogens is 2. The Hall–Kier alpha value is -2.66. The number of aliphatic hydroxyl groups is 1. The minimum atomic E-state index is -5.07. The number of hydrogen-bond acceptors (Lipinski definition) is 5. The Morgan fingerprint density at radius 3 is 2.80 bits per heavy atom. The number of amides is 1. The Kier molecular flexibility index (Phi) is 6.03. The van der Waals surface area contributed by atoms with Gasteiger partial charge in [-0.05, 0) is 47.7 Å². The minimum Gasteiger partial charge on any atom is -0.378 e. The zero-order valence-corrected chi connectivity index (χ0v) is 19.6. The number of H-pyrrole nitrogens is 1. The highest BCUT2D eigenvalue weighted by atomic mass is 35.5. The highest BCUT2D eigenvalue weighted by Gasteiger charge is 2.57. The molecule has 7 nitrogen and oxygen atoms in total. The van der Waals surface area contributed by atoms with Crippen molar-refractivity contribution in [2.45, 2.75) is 37.7 Å². The summed E-state index contributed by atoms with van der Waals surface area (Å²) >= 11 is 6.28. The number of nitrogens with one attached hydrogen (secondary N) is 2. The first-order valence-corrected chi connectivity index (χ1v) is 11.6. The summed E-state index contributed by atoms with van der Waals surface area (Å²) in [6, 6.07) is 5.69. The van der Waals surface area contributed by atoms with Crippen LogP contribution in [0.3, 0.4) is 0 Å². The van der Waals surface area contributed by atoms with E-state index in [0.29, 0.717) is 43.8 Å². The molecule has 0 bridgehead atoms. The van der Waals surface area contributed by atoms with Gasteiger partial charge in [-0.3, -0.25) is 4.79 Å². The number of morpholine rings is 1. The Morgan fingerprint density at radius 2 is 2.09 bits per heavy atom. The molecule has 2 aliphatic rings. The summed E-state index contributed by atoms with van der Waals surface area (Å²) in [5.74, 6) is -1.35. The van der Waals surface area contributed by atoms with E-state index >= 15 is 0 Å². The van der Waals surface area contributed by atoms with E-state index in [1.807, 2.05) is 18.2 Å². The number of hydrogen-bond donors (Lipinski definition) is 3. The third-order valence-corrected chi connectivity index (χ3v) is 7.06. The van der Waals surface area contributed by atoms with Crippen LogP contribution in [0, 0.1) is 0 Å². The Bertz CT molecular complexity index is 1280. The van der Waals surface area contributed by atoms with Crippen molar-refractivity contribution in [3.8, 4) is 11.1 Å². The van der Waals surface area contributed by atoms with E-state index in [-0.39, 0.29) is 19.1 Å². The molecule has 186 valence electrons. The van der Waals surface area contributed by atoms with Crippen molar-refractivity contribution in [1.82, 2.24) is 20.2 Å². The van der Waals surface area contributed by atoms with Gasteiger partial charge in [-0.1, -0.05) is 17.7 Å². The molecule has 4 heterocycles. The minimum absolute atomic E-state index is 0.0326. The highest BCUT2D eigenvalue weighted by molar-refractivity contribution is 6.35. The van der Waals surface area contributed by atoms with Crippen molar-refractivity contribution >= 4 is 28.5 Å². The van der Waals surface area contributed by atoms with Gasteiger partial charge in [0.25, 0.3) is 5.91 Å². The molecule has 1 aromatic carbocycles. The second-order valence-electron chi connectivity index (χ2n) is 9.09. The summed E-state index contributed by atoms with van der Waals surface area (Å²) in [6.45, 7) is 2.11. The predicted octanol–water partition coefficient (Wildman–Crippen LogP) is 3.74. The van der Waals surface area contributed by atoms with Crippen LogP contribution in [0.2, 0.25) is 5.02 Å². The molecule has 0 saturated carbocycles. The van der Waals surface area contributed by atoms with Gasteiger partial charge in [-0.15, -0.1) is 0 Å². The van der Waals surface area contributed by atoms with Gasteiger partial charge in [0.15, 0.2) is 0 Å². The van der Waals surface area contributed by atoms with Gasteiger partial charge in [0.2, 0.25) is 5.60 Å². The molecule has 1 amide bonds. The van der Waals surface area contributed by atoms with Crippen LogP contribution >= 0.6 is 11.6 Å². The summed E-state index contributed by atoms with van der Waals surface area (Å²) in [4.78, 5) is 21.2. The molecule has 1 fully saturated rings. The smallest absolute Gasteiger partial charge is 0.378 e. The average molecular weight is 509 g/mol. The zero-order chi connectivity index (χ0) is 25.0. The van der Waals surface area contributed by atoms with E-state index in [0.717, 1.165) is 38.1 Å². The van der Waals surface area contributed by atoms with Gasteiger partial charge in [0, 0.05) is 43.0 Å². The summed E-state index contributed by atoms with van der Waals surface area (Å²) in [5.41, 5.74) is 1.50. The van der Waals surface area contributed by atoms with Crippen LogP contribution in [-0.2, 0) is 22.5 Å². The molecule has 5 rings (SSSR count). The monoisotopic (exact) mass is 508 g/mol. The topological polar surface area (TPSA) is 90.5 Å². The number of benzene rings is 1. The van der Waals surface area contributed by atoms with Crippen LogP contribution < -0.4 is 5.32 Å². The molecule has 11 heteroatoms. The molecular weight excluding hydrogens is 485 g/mol. The molecule has 0 unspecified atom stereocenters. The maximum atomic E-state index is 13.3. The van der Waals surface area contributed by atoms with Crippen LogP contribution in [0.1, 0.15) is 29.7 Å². The number of nitrogens with zero attached hydrogens (tertiary/aromatic N) is 2. The molecule has 0 radical (unpaired) electrons. The number of aromatic amines is 1. The molecular formula is C24H24ClF3N4O3. The van der Waals surface area contributed by atoms with Crippen LogP contribution in [-0.4, -0.2) is 64.0 Å². The van der Waals surface area contributed by atoms with Crippen molar-refractivity contribution in [3.63, 3.8) is 0 Å². The lowest BCUT2D eigenvalue weighted by atomic mass is 9.87. The number of fused-ring (bicyclic) bond motifs is 2. The molecule has 3 aromatic rings. The normalized spacial score (nSPS) is 20.5. The van der Waals surface area contributed by atoms with Crippen molar-refractivity contribution in [2.24, 2.45) is 0 Å². The third-order valence-electron chi connectivity index (χ3n) is 6.74. The molecule has 35 heavy (non-hydrogen) atoms. The van der Waals surface area contributed by atoms with E-state index < -0.39 is 17.7 Å². The number of carbonyl (C=O) groups is 1. The van der Waals surface area contributed by atoms with Crippen LogP contribution in [0.15, 0.2) is 30.6 Å². The largest absolute Gasteiger partial charge is 0.426 e. The average Bonchev–Trinajstić information content (AvgIpc) is 3.22. The number of pyridine rings is 1. The highest BCUT2D eigenvalue weighted by Crippen LogP contribution is 2.37. The molecule has 2 atom stereocenters. The summed E-state index contributed by atoms with van der Waals surface area (Å²) in [7, 11) is 0. The number of ether oxygens (including phenoxy) is 1. The Morgan fingerprint density at radius 1 is 1.29 bits per heavy atom. The van der Waals surface area contributed by atoms with Crippen molar-refractivity contribution in [2.75, 3.05) is 26.3 Å². The van der Waals surface area contributed by atoms with E-state index in [1.54, 1.807) is 12.4 Å². The van der Waals surface area contributed by atoms with Gasteiger partial charge in [0.1, 0.15) is 5.65 Å². The van der Waals surface area contributed by atoms with Gasteiger partial charge >= 0.3 is 6.18 Å². The Labute approximate surface area is 204 Å². The molecule has 2 aliphatic heterocycles.